The van der Waals surface area contributed by atoms with Crippen LogP contribution in [0.15, 0.2) is 71.3 Å². The van der Waals surface area contributed by atoms with Crippen LogP contribution in [0.4, 0.5) is 5.69 Å². The van der Waals surface area contributed by atoms with Crippen molar-refractivity contribution in [2.24, 2.45) is 0 Å². The molecular weight excluding hydrogens is 282 g/mol. The van der Waals surface area contributed by atoms with Crippen molar-refractivity contribution in [3.8, 4) is 0 Å². The number of halogens is 1. The minimum Gasteiger partial charge on any atom is -0.467 e. The van der Waals surface area contributed by atoms with Gasteiger partial charge in [0.15, 0.2) is 0 Å². The molecule has 21 heavy (non-hydrogen) atoms. The molecule has 3 heteroatoms. The fourth-order valence-corrected chi connectivity index (χ4v) is 2.45. The van der Waals surface area contributed by atoms with Crippen molar-refractivity contribution in [1.82, 2.24) is 0 Å². The van der Waals surface area contributed by atoms with Gasteiger partial charge in [0.05, 0.1) is 6.26 Å². The van der Waals surface area contributed by atoms with E-state index < -0.39 is 0 Å². The Morgan fingerprint density at radius 1 is 1.00 bits per heavy atom. The molecule has 1 aromatic heterocycles. The molecule has 0 aliphatic carbocycles. The molecule has 0 bridgehead atoms. The lowest BCUT2D eigenvalue weighted by Crippen LogP contribution is -2.11. The van der Waals surface area contributed by atoms with Crippen LogP contribution in [0.25, 0.3) is 0 Å². The first-order chi connectivity index (χ1) is 10.2. The van der Waals surface area contributed by atoms with Crippen LogP contribution in [-0.4, -0.2) is 0 Å². The third-order valence-corrected chi connectivity index (χ3v) is 3.85. The highest BCUT2D eigenvalue weighted by molar-refractivity contribution is 6.31. The summed E-state index contributed by atoms with van der Waals surface area (Å²) in [5.41, 5.74) is 3.18. The number of anilines is 1. The molecule has 0 radical (unpaired) electrons. The fourth-order valence-electron chi connectivity index (χ4n) is 2.27. The summed E-state index contributed by atoms with van der Waals surface area (Å²) in [5, 5.41) is 4.24. The average molecular weight is 298 g/mol. The van der Waals surface area contributed by atoms with Gasteiger partial charge in [-0.25, -0.2) is 0 Å². The topological polar surface area (TPSA) is 25.2 Å². The summed E-state index contributed by atoms with van der Waals surface area (Å²) in [6.45, 7) is 1.99. The lowest BCUT2D eigenvalue weighted by Gasteiger charge is -2.19. The Bertz CT molecular complexity index is 707. The number of hydrogen-bond donors (Lipinski definition) is 1. The van der Waals surface area contributed by atoms with Gasteiger partial charge in [-0.3, -0.25) is 0 Å². The van der Waals surface area contributed by atoms with E-state index in [0.29, 0.717) is 0 Å². The molecule has 0 aliphatic heterocycles. The first-order valence-corrected chi connectivity index (χ1v) is 7.23. The molecule has 0 fully saturated rings. The van der Waals surface area contributed by atoms with Gasteiger partial charge < -0.3 is 9.73 Å². The SMILES string of the molecule is Cc1ccc(NC(c2ccccc2)c2ccco2)cc1Cl. The summed E-state index contributed by atoms with van der Waals surface area (Å²) in [5.74, 6) is 0.873. The van der Waals surface area contributed by atoms with Crippen molar-refractivity contribution in [2.45, 2.75) is 13.0 Å². The normalized spacial score (nSPS) is 12.1. The van der Waals surface area contributed by atoms with Crippen molar-refractivity contribution < 1.29 is 4.42 Å². The van der Waals surface area contributed by atoms with Crippen molar-refractivity contribution >= 4 is 17.3 Å². The first-order valence-electron chi connectivity index (χ1n) is 6.85. The largest absolute Gasteiger partial charge is 0.467 e. The molecular formula is C18H16ClNO. The highest BCUT2D eigenvalue weighted by atomic mass is 35.5. The van der Waals surface area contributed by atoms with Gasteiger partial charge in [-0.2, -0.15) is 0 Å². The summed E-state index contributed by atoms with van der Waals surface area (Å²) in [4.78, 5) is 0. The smallest absolute Gasteiger partial charge is 0.130 e. The van der Waals surface area contributed by atoms with Crippen molar-refractivity contribution in [2.75, 3.05) is 5.32 Å². The second kappa shape index (κ2) is 6.06. The van der Waals surface area contributed by atoms with Crippen LogP contribution >= 0.6 is 11.6 Å². The van der Waals surface area contributed by atoms with Gasteiger partial charge in [0.1, 0.15) is 11.8 Å². The van der Waals surface area contributed by atoms with E-state index in [4.69, 9.17) is 16.0 Å². The van der Waals surface area contributed by atoms with Gasteiger partial charge in [0, 0.05) is 10.7 Å². The van der Waals surface area contributed by atoms with Gasteiger partial charge in [-0.05, 0) is 42.3 Å². The maximum atomic E-state index is 6.20. The van der Waals surface area contributed by atoms with Gasteiger partial charge in [-0.1, -0.05) is 48.0 Å². The summed E-state index contributed by atoms with van der Waals surface area (Å²) >= 11 is 6.20. The minimum absolute atomic E-state index is 0.0417. The second-order valence-electron chi connectivity index (χ2n) is 4.97. The summed E-state index contributed by atoms with van der Waals surface area (Å²) in [6, 6.07) is 20.0. The van der Waals surface area contributed by atoms with Crippen LogP contribution in [0.1, 0.15) is 22.9 Å². The van der Waals surface area contributed by atoms with Crippen LogP contribution in [0.3, 0.4) is 0 Å². The summed E-state index contributed by atoms with van der Waals surface area (Å²) < 4.78 is 5.58. The predicted octanol–water partition coefficient (Wildman–Crippen LogP) is 5.44. The molecule has 1 N–H and O–H groups in total. The molecule has 0 spiro atoms. The molecule has 106 valence electrons. The lowest BCUT2D eigenvalue weighted by molar-refractivity contribution is 0.499. The Hall–Kier alpha value is -2.19. The number of furan rings is 1. The molecule has 2 aromatic carbocycles. The van der Waals surface area contributed by atoms with E-state index in [0.717, 1.165) is 27.6 Å². The Labute approximate surface area is 129 Å². The van der Waals surface area contributed by atoms with E-state index in [1.807, 2.05) is 55.5 Å². The highest BCUT2D eigenvalue weighted by Gasteiger charge is 2.16. The van der Waals surface area contributed by atoms with Crippen LogP contribution in [0, 0.1) is 6.92 Å². The Kier molecular flexibility index (Phi) is 3.98. The lowest BCUT2D eigenvalue weighted by atomic mass is 10.0. The zero-order valence-electron chi connectivity index (χ0n) is 11.7. The van der Waals surface area contributed by atoms with Crippen molar-refractivity contribution in [1.29, 1.82) is 0 Å². The summed E-state index contributed by atoms with van der Waals surface area (Å²) in [6.07, 6.45) is 1.69. The molecule has 0 saturated carbocycles. The van der Waals surface area contributed by atoms with Crippen molar-refractivity contribution in [3.05, 3.63) is 88.8 Å². The first kappa shape index (κ1) is 13.8. The second-order valence-corrected chi connectivity index (χ2v) is 5.37. The number of rotatable bonds is 4. The predicted molar refractivity (Wildman–Crippen MR) is 86.8 cm³/mol. The van der Waals surface area contributed by atoms with E-state index in [2.05, 4.69) is 17.4 Å². The molecule has 3 rings (SSSR count). The molecule has 1 unspecified atom stereocenters. The zero-order valence-corrected chi connectivity index (χ0v) is 12.5. The van der Waals surface area contributed by atoms with E-state index in [1.165, 1.54) is 0 Å². The minimum atomic E-state index is -0.0417. The van der Waals surface area contributed by atoms with Crippen LogP contribution in [0.2, 0.25) is 5.02 Å². The van der Waals surface area contributed by atoms with Crippen molar-refractivity contribution in [3.63, 3.8) is 0 Å². The van der Waals surface area contributed by atoms with Gasteiger partial charge in [-0.15, -0.1) is 0 Å². The standard InChI is InChI=1S/C18H16ClNO/c1-13-9-10-15(12-16(13)19)20-18(17-8-5-11-21-17)14-6-3-2-4-7-14/h2-12,18,20H,1H3. The van der Waals surface area contributed by atoms with Crippen LogP contribution in [0.5, 0.6) is 0 Å². The highest BCUT2D eigenvalue weighted by Crippen LogP contribution is 2.29. The third kappa shape index (κ3) is 3.11. The Morgan fingerprint density at radius 3 is 2.48 bits per heavy atom. The molecule has 2 nitrogen and oxygen atoms in total. The maximum absolute atomic E-state index is 6.20. The van der Waals surface area contributed by atoms with E-state index in [9.17, 15) is 0 Å². The number of aryl methyl sites for hydroxylation is 1. The molecule has 1 atom stereocenters. The van der Waals surface area contributed by atoms with Crippen LogP contribution in [-0.2, 0) is 0 Å². The number of nitrogens with one attached hydrogen (secondary N) is 1. The number of benzene rings is 2. The Balaban J connectivity index is 1.95. The molecule has 0 aliphatic rings. The maximum Gasteiger partial charge on any atom is 0.130 e. The molecule has 0 saturated heterocycles. The van der Waals surface area contributed by atoms with E-state index >= 15 is 0 Å². The molecule has 0 amide bonds. The van der Waals surface area contributed by atoms with E-state index in [1.54, 1.807) is 6.26 Å². The third-order valence-electron chi connectivity index (χ3n) is 3.44. The molecule has 1 heterocycles. The van der Waals surface area contributed by atoms with Gasteiger partial charge in [0.2, 0.25) is 0 Å². The monoisotopic (exact) mass is 297 g/mol. The average Bonchev–Trinajstić information content (AvgIpc) is 3.03. The molecule has 3 aromatic rings. The van der Waals surface area contributed by atoms with E-state index in [-0.39, 0.29) is 6.04 Å². The fraction of sp³-hybridized carbons (Fsp3) is 0.111. The van der Waals surface area contributed by atoms with Gasteiger partial charge in [0.25, 0.3) is 0 Å². The quantitative estimate of drug-likeness (QED) is 0.693. The van der Waals surface area contributed by atoms with Gasteiger partial charge >= 0.3 is 0 Å². The Morgan fingerprint density at radius 2 is 1.81 bits per heavy atom. The number of hydrogen-bond acceptors (Lipinski definition) is 2. The zero-order chi connectivity index (χ0) is 14.7. The summed E-state index contributed by atoms with van der Waals surface area (Å²) in [7, 11) is 0. The van der Waals surface area contributed by atoms with Crippen LogP contribution < -0.4 is 5.32 Å².